The Labute approximate surface area is 87.2 Å². The molecule has 80 valence electrons. The van der Waals surface area contributed by atoms with Crippen LogP contribution in [0, 0.1) is 6.92 Å². The van der Waals surface area contributed by atoms with Crippen LogP contribution in [-0.2, 0) is 0 Å². The Hall–Kier alpha value is -0.270. The van der Waals surface area contributed by atoms with Gasteiger partial charge in [0.2, 0.25) is 0 Å². The van der Waals surface area contributed by atoms with Crippen LogP contribution in [0.25, 0.3) is 0 Å². The molecule has 2 nitrogen and oxygen atoms in total. The first-order chi connectivity index (χ1) is 6.39. The van der Waals surface area contributed by atoms with Crippen molar-refractivity contribution >= 4 is 23.1 Å². The predicted molar refractivity (Wildman–Crippen MR) is 49.6 cm³/mol. The molecule has 0 aliphatic rings. The fourth-order valence-electron chi connectivity index (χ4n) is 0.643. The fourth-order valence-corrected chi connectivity index (χ4v) is 2.48. The first-order valence-corrected chi connectivity index (χ1v) is 5.56. The van der Waals surface area contributed by atoms with E-state index in [9.17, 15) is 13.2 Å². The third-order valence-electron chi connectivity index (χ3n) is 1.34. The molecule has 7 heteroatoms. The van der Waals surface area contributed by atoms with Gasteiger partial charge in [-0.1, -0.05) is 11.8 Å². The van der Waals surface area contributed by atoms with E-state index in [-0.39, 0.29) is 0 Å². The highest BCUT2D eigenvalue weighted by molar-refractivity contribution is 8.01. The quantitative estimate of drug-likeness (QED) is 0.828. The molecule has 1 rings (SSSR count). The first kappa shape index (κ1) is 11.8. The van der Waals surface area contributed by atoms with Gasteiger partial charge in [-0.25, -0.2) is 4.98 Å². The minimum absolute atomic E-state index is 0.406. The zero-order chi connectivity index (χ0) is 10.8. The number of hydrogen-bond donors (Lipinski definition) is 1. The maximum Gasteiger partial charge on any atom is 0.415 e. The number of aliphatic hydroxyl groups excluding tert-OH is 1. The van der Waals surface area contributed by atoms with Crippen molar-refractivity contribution in [1.82, 2.24) is 4.98 Å². The van der Waals surface area contributed by atoms with Gasteiger partial charge in [-0.3, -0.25) is 0 Å². The van der Waals surface area contributed by atoms with Crippen molar-refractivity contribution in [3.8, 4) is 0 Å². The van der Waals surface area contributed by atoms with Gasteiger partial charge in [-0.05, 0) is 6.92 Å². The van der Waals surface area contributed by atoms with Crippen LogP contribution < -0.4 is 0 Å². The molecule has 1 unspecified atom stereocenters. The molecule has 1 aromatic heterocycles. The third kappa shape index (κ3) is 3.47. The Morgan fingerprint density at radius 2 is 2.29 bits per heavy atom. The number of rotatable bonds is 3. The Kier molecular flexibility index (Phi) is 3.79. The summed E-state index contributed by atoms with van der Waals surface area (Å²) in [5, 5.41) is 10.4. The third-order valence-corrected chi connectivity index (χ3v) is 3.56. The van der Waals surface area contributed by atoms with E-state index in [2.05, 4.69) is 4.98 Å². The highest BCUT2D eigenvalue weighted by Crippen LogP contribution is 2.28. The van der Waals surface area contributed by atoms with E-state index >= 15 is 0 Å². The van der Waals surface area contributed by atoms with Crippen molar-refractivity contribution in [2.45, 2.75) is 23.5 Å². The minimum Gasteiger partial charge on any atom is -0.383 e. The molecule has 0 radical (unpaired) electrons. The average Bonchev–Trinajstić information content (AvgIpc) is 2.45. The summed E-state index contributed by atoms with van der Waals surface area (Å²) in [7, 11) is 0. The van der Waals surface area contributed by atoms with Gasteiger partial charge in [0, 0.05) is 16.8 Å². The second-order valence-electron chi connectivity index (χ2n) is 2.62. The number of thioether (sulfide) groups is 1. The van der Waals surface area contributed by atoms with Gasteiger partial charge in [0.1, 0.15) is 4.34 Å². The normalized spacial score (nSPS) is 14.4. The summed E-state index contributed by atoms with van der Waals surface area (Å²) < 4.78 is 36.2. The van der Waals surface area contributed by atoms with E-state index in [0.717, 1.165) is 17.5 Å². The maximum atomic E-state index is 11.9. The molecule has 14 heavy (non-hydrogen) atoms. The molecule has 0 amide bonds. The van der Waals surface area contributed by atoms with Crippen molar-refractivity contribution in [3.05, 3.63) is 11.1 Å². The molecule has 0 aromatic carbocycles. The molecule has 0 saturated carbocycles. The van der Waals surface area contributed by atoms with Crippen LogP contribution in [0.3, 0.4) is 0 Å². The van der Waals surface area contributed by atoms with E-state index in [0.29, 0.717) is 4.34 Å². The summed E-state index contributed by atoms with van der Waals surface area (Å²) in [5.74, 6) is -0.406. The predicted octanol–water partition coefficient (Wildman–Crippen LogP) is 2.47. The number of alkyl halides is 3. The summed E-state index contributed by atoms with van der Waals surface area (Å²) in [6.45, 7) is 1.76. The minimum atomic E-state index is -4.54. The lowest BCUT2D eigenvalue weighted by Crippen LogP contribution is -2.30. The summed E-state index contributed by atoms with van der Waals surface area (Å²) in [6.07, 6.45) is -6.82. The Morgan fingerprint density at radius 3 is 2.71 bits per heavy atom. The van der Waals surface area contributed by atoms with Gasteiger partial charge in [0.25, 0.3) is 0 Å². The van der Waals surface area contributed by atoms with E-state index in [4.69, 9.17) is 5.11 Å². The van der Waals surface area contributed by atoms with Gasteiger partial charge in [-0.15, -0.1) is 11.3 Å². The van der Waals surface area contributed by atoms with Crippen LogP contribution in [-0.4, -0.2) is 28.1 Å². The van der Waals surface area contributed by atoms with Gasteiger partial charge >= 0.3 is 6.18 Å². The van der Waals surface area contributed by atoms with Crippen LogP contribution in [0.15, 0.2) is 9.72 Å². The second-order valence-corrected chi connectivity index (χ2v) is 4.75. The topological polar surface area (TPSA) is 33.1 Å². The van der Waals surface area contributed by atoms with Crippen LogP contribution >= 0.6 is 23.1 Å². The first-order valence-electron chi connectivity index (χ1n) is 3.69. The van der Waals surface area contributed by atoms with Gasteiger partial charge in [-0.2, -0.15) is 13.2 Å². The Morgan fingerprint density at radius 1 is 1.64 bits per heavy atom. The molecule has 0 saturated heterocycles. The second kappa shape index (κ2) is 4.50. The zero-order valence-electron chi connectivity index (χ0n) is 7.21. The summed E-state index contributed by atoms with van der Waals surface area (Å²) in [4.78, 5) is 3.97. The molecular weight excluding hydrogens is 235 g/mol. The Balaban J connectivity index is 2.41. The van der Waals surface area contributed by atoms with Crippen molar-refractivity contribution < 1.29 is 18.3 Å². The molecule has 0 spiro atoms. The maximum absolute atomic E-state index is 11.9. The average molecular weight is 243 g/mol. The monoisotopic (exact) mass is 243 g/mol. The fraction of sp³-hybridized carbons (Fsp3) is 0.571. The number of thiazole rings is 1. The number of nitrogens with zero attached hydrogens (tertiary/aromatic N) is 1. The molecule has 0 aliphatic carbocycles. The summed E-state index contributed by atoms with van der Waals surface area (Å²) >= 11 is 2.19. The molecule has 1 heterocycles. The lowest BCUT2D eigenvalue weighted by atomic mass is 10.4. The van der Waals surface area contributed by atoms with Crippen LogP contribution in [0.1, 0.15) is 5.69 Å². The van der Waals surface area contributed by atoms with Crippen molar-refractivity contribution in [3.63, 3.8) is 0 Å². The van der Waals surface area contributed by atoms with Crippen LogP contribution in [0.2, 0.25) is 0 Å². The van der Waals surface area contributed by atoms with E-state index in [1.165, 1.54) is 11.3 Å². The smallest absolute Gasteiger partial charge is 0.383 e. The van der Waals surface area contributed by atoms with Crippen molar-refractivity contribution in [1.29, 1.82) is 0 Å². The lowest BCUT2D eigenvalue weighted by Gasteiger charge is -2.12. The largest absolute Gasteiger partial charge is 0.415 e. The molecule has 0 bridgehead atoms. The van der Waals surface area contributed by atoms with Crippen molar-refractivity contribution in [2.24, 2.45) is 0 Å². The summed E-state index contributed by atoms with van der Waals surface area (Å²) in [5.41, 5.74) is 0.777. The lowest BCUT2D eigenvalue weighted by molar-refractivity contribution is -0.195. The van der Waals surface area contributed by atoms with Crippen LogP contribution in [0.4, 0.5) is 13.2 Å². The number of aliphatic hydroxyl groups is 1. The van der Waals surface area contributed by atoms with Gasteiger partial charge in [0.15, 0.2) is 6.10 Å². The number of aromatic nitrogens is 1. The van der Waals surface area contributed by atoms with E-state index < -0.39 is 18.0 Å². The standard InChI is InChI=1S/C7H8F3NOS2/c1-4-2-13-6(11-4)14-3-5(12)7(8,9)10/h2,5,12H,3H2,1H3. The molecule has 1 atom stereocenters. The highest BCUT2D eigenvalue weighted by atomic mass is 32.2. The molecule has 0 aliphatic heterocycles. The molecular formula is C7H8F3NOS2. The van der Waals surface area contributed by atoms with Gasteiger partial charge in [0.05, 0.1) is 0 Å². The molecule has 1 N–H and O–H groups in total. The number of hydrogen-bond acceptors (Lipinski definition) is 4. The van der Waals surface area contributed by atoms with Crippen LogP contribution in [0.5, 0.6) is 0 Å². The Bertz CT molecular complexity index is 299. The SMILES string of the molecule is Cc1csc(SCC(O)C(F)(F)F)n1. The van der Waals surface area contributed by atoms with E-state index in [1.807, 2.05) is 0 Å². The molecule has 0 fully saturated rings. The zero-order valence-corrected chi connectivity index (χ0v) is 8.84. The van der Waals surface area contributed by atoms with E-state index in [1.54, 1.807) is 12.3 Å². The van der Waals surface area contributed by atoms with Gasteiger partial charge < -0.3 is 5.11 Å². The number of halogens is 3. The van der Waals surface area contributed by atoms with Crippen molar-refractivity contribution in [2.75, 3.05) is 5.75 Å². The molecule has 1 aromatic rings. The highest BCUT2D eigenvalue weighted by Gasteiger charge is 2.38. The summed E-state index contributed by atoms with van der Waals surface area (Å²) in [6, 6.07) is 0. The number of aryl methyl sites for hydroxylation is 1.